The lowest BCUT2D eigenvalue weighted by Crippen LogP contribution is -2.33. The summed E-state index contributed by atoms with van der Waals surface area (Å²) in [6.07, 6.45) is 0. The van der Waals surface area contributed by atoms with Crippen molar-refractivity contribution in [3.05, 3.63) is 91.6 Å². The highest BCUT2D eigenvalue weighted by Crippen LogP contribution is 2.32. The van der Waals surface area contributed by atoms with Gasteiger partial charge in [0.1, 0.15) is 10.6 Å². The number of hydrogen-bond acceptors (Lipinski definition) is 5. The second kappa shape index (κ2) is 7.44. The lowest BCUT2D eigenvalue weighted by Gasteiger charge is -2.08. The Bertz CT molecular complexity index is 1460. The minimum Gasteiger partial charge on any atom is -0.497 e. The molecule has 5 nitrogen and oxygen atoms in total. The molecule has 30 heavy (non-hydrogen) atoms. The van der Waals surface area contributed by atoms with Gasteiger partial charge >= 0.3 is 5.69 Å². The summed E-state index contributed by atoms with van der Waals surface area (Å²) in [5.74, 6) is 0.577. The largest absolute Gasteiger partial charge is 0.497 e. The fourth-order valence-corrected chi connectivity index (χ4v) is 5.10. The summed E-state index contributed by atoms with van der Waals surface area (Å²) in [7, 11) is 1.55. The third-order valence-corrected chi connectivity index (χ3v) is 6.57. The van der Waals surface area contributed by atoms with Crippen molar-refractivity contribution in [3.8, 4) is 33.7 Å². The molecule has 0 aliphatic carbocycles. The van der Waals surface area contributed by atoms with Gasteiger partial charge < -0.3 is 4.74 Å². The Morgan fingerprint density at radius 1 is 0.933 bits per heavy atom. The Labute approximate surface area is 179 Å². The van der Waals surface area contributed by atoms with Crippen LogP contribution in [0.25, 0.3) is 38.2 Å². The maximum atomic E-state index is 13.4. The molecule has 0 bridgehead atoms. The SMILES string of the molecule is COc1cccc(-n2c(=O)[nH]c3scc(-c4ccc(-c5ccsc5)cc4)c3c2=O)c1. The van der Waals surface area contributed by atoms with Gasteiger partial charge in [-0.1, -0.05) is 30.3 Å². The van der Waals surface area contributed by atoms with Gasteiger partial charge in [0.15, 0.2) is 0 Å². The van der Waals surface area contributed by atoms with Crippen LogP contribution in [0.3, 0.4) is 0 Å². The van der Waals surface area contributed by atoms with Crippen molar-refractivity contribution >= 4 is 32.9 Å². The third-order valence-electron chi connectivity index (χ3n) is 4.99. The first-order valence-corrected chi connectivity index (χ1v) is 11.0. The Hall–Kier alpha value is -3.42. The number of aromatic nitrogens is 2. The zero-order valence-corrected chi connectivity index (χ0v) is 17.5. The lowest BCUT2D eigenvalue weighted by molar-refractivity contribution is 0.414. The van der Waals surface area contributed by atoms with Gasteiger partial charge in [0.2, 0.25) is 0 Å². The molecule has 0 atom stereocenters. The molecular weight excluding hydrogens is 416 g/mol. The Kier molecular flexibility index (Phi) is 4.61. The van der Waals surface area contributed by atoms with Crippen molar-refractivity contribution in [2.24, 2.45) is 0 Å². The van der Waals surface area contributed by atoms with Gasteiger partial charge in [0.05, 0.1) is 18.2 Å². The minimum absolute atomic E-state index is 0.347. The van der Waals surface area contributed by atoms with E-state index in [1.165, 1.54) is 16.9 Å². The Balaban J connectivity index is 1.68. The maximum absolute atomic E-state index is 13.4. The zero-order valence-electron chi connectivity index (χ0n) is 15.9. The highest BCUT2D eigenvalue weighted by atomic mass is 32.1. The van der Waals surface area contributed by atoms with Crippen LogP contribution in [0.1, 0.15) is 0 Å². The van der Waals surface area contributed by atoms with Crippen molar-refractivity contribution in [2.45, 2.75) is 0 Å². The molecule has 3 heterocycles. The summed E-state index contributed by atoms with van der Waals surface area (Å²) < 4.78 is 6.39. The Morgan fingerprint density at radius 3 is 2.47 bits per heavy atom. The Morgan fingerprint density at radius 2 is 1.73 bits per heavy atom. The molecule has 2 aromatic carbocycles. The van der Waals surface area contributed by atoms with Crippen LogP contribution in [0, 0.1) is 0 Å². The summed E-state index contributed by atoms with van der Waals surface area (Å²) in [5.41, 5.74) is 3.69. The standard InChI is InChI=1S/C23H16N2O3S2/c1-28-18-4-2-3-17(11-18)25-22(26)20-19(13-30-21(20)24-23(25)27)15-7-5-14(6-8-15)16-9-10-29-12-16/h2-13H,1H3,(H,24,27). The van der Waals surface area contributed by atoms with E-state index in [0.717, 1.165) is 21.3 Å². The molecule has 0 saturated heterocycles. The molecule has 5 rings (SSSR count). The number of aromatic amines is 1. The number of ether oxygens (including phenoxy) is 1. The van der Waals surface area contributed by atoms with E-state index >= 15 is 0 Å². The van der Waals surface area contributed by atoms with Crippen LogP contribution in [0.15, 0.2) is 80.3 Å². The van der Waals surface area contributed by atoms with Crippen LogP contribution in [0.2, 0.25) is 0 Å². The number of thiophene rings is 2. The number of benzene rings is 2. The van der Waals surface area contributed by atoms with Gasteiger partial charge in [-0.25, -0.2) is 9.36 Å². The van der Waals surface area contributed by atoms with E-state index < -0.39 is 5.69 Å². The fourth-order valence-electron chi connectivity index (χ4n) is 3.49. The van der Waals surface area contributed by atoms with Crippen LogP contribution in [0.4, 0.5) is 0 Å². The molecule has 1 N–H and O–H groups in total. The molecule has 3 aromatic heterocycles. The molecular formula is C23H16N2O3S2. The van der Waals surface area contributed by atoms with Crippen molar-refractivity contribution in [1.29, 1.82) is 0 Å². The van der Waals surface area contributed by atoms with Crippen molar-refractivity contribution < 1.29 is 4.74 Å². The van der Waals surface area contributed by atoms with Crippen LogP contribution in [-0.4, -0.2) is 16.7 Å². The van der Waals surface area contributed by atoms with E-state index in [2.05, 4.69) is 16.4 Å². The average Bonchev–Trinajstić information content (AvgIpc) is 3.44. The van der Waals surface area contributed by atoms with E-state index in [1.807, 2.05) is 35.0 Å². The second-order valence-corrected chi connectivity index (χ2v) is 8.37. The van der Waals surface area contributed by atoms with Crippen LogP contribution < -0.4 is 16.0 Å². The van der Waals surface area contributed by atoms with Gasteiger partial charge in [-0.3, -0.25) is 9.78 Å². The third kappa shape index (κ3) is 3.08. The molecule has 0 saturated carbocycles. The molecule has 0 spiro atoms. The molecule has 148 valence electrons. The number of nitrogens with one attached hydrogen (secondary N) is 1. The normalized spacial score (nSPS) is 11.1. The molecule has 0 unspecified atom stereocenters. The quantitative estimate of drug-likeness (QED) is 0.427. The highest BCUT2D eigenvalue weighted by Gasteiger charge is 2.16. The van der Waals surface area contributed by atoms with Gasteiger partial charge in [-0.15, -0.1) is 11.3 Å². The van der Waals surface area contributed by atoms with E-state index in [1.54, 1.807) is 42.7 Å². The average molecular weight is 433 g/mol. The highest BCUT2D eigenvalue weighted by molar-refractivity contribution is 7.17. The lowest BCUT2D eigenvalue weighted by atomic mass is 10.0. The van der Waals surface area contributed by atoms with Crippen LogP contribution in [-0.2, 0) is 0 Å². The predicted molar refractivity (Wildman–Crippen MR) is 123 cm³/mol. The first kappa shape index (κ1) is 18.6. The summed E-state index contributed by atoms with van der Waals surface area (Å²) in [5, 5.41) is 6.57. The van der Waals surface area contributed by atoms with E-state index in [4.69, 9.17) is 4.74 Å². The van der Waals surface area contributed by atoms with E-state index in [0.29, 0.717) is 21.7 Å². The van der Waals surface area contributed by atoms with Crippen LogP contribution >= 0.6 is 22.7 Å². The van der Waals surface area contributed by atoms with Gasteiger partial charge in [0.25, 0.3) is 5.56 Å². The minimum atomic E-state index is -0.470. The van der Waals surface area contributed by atoms with Crippen LogP contribution in [0.5, 0.6) is 5.75 Å². The van der Waals surface area contributed by atoms with Crippen molar-refractivity contribution in [1.82, 2.24) is 9.55 Å². The predicted octanol–water partition coefficient (Wildman–Crippen LogP) is 5.14. The molecule has 0 aliphatic heterocycles. The van der Waals surface area contributed by atoms with E-state index in [9.17, 15) is 9.59 Å². The molecule has 0 aliphatic rings. The number of H-pyrrole nitrogens is 1. The number of fused-ring (bicyclic) bond motifs is 1. The van der Waals surface area contributed by atoms with E-state index in [-0.39, 0.29) is 5.56 Å². The number of rotatable bonds is 4. The summed E-state index contributed by atoms with van der Waals surface area (Å²) in [6.45, 7) is 0. The first-order chi connectivity index (χ1) is 14.7. The monoisotopic (exact) mass is 432 g/mol. The first-order valence-electron chi connectivity index (χ1n) is 9.19. The smallest absolute Gasteiger partial charge is 0.334 e. The molecule has 5 aromatic rings. The molecule has 0 radical (unpaired) electrons. The van der Waals surface area contributed by atoms with Gasteiger partial charge in [-0.2, -0.15) is 11.3 Å². The van der Waals surface area contributed by atoms with Gasteiger partial charge in [0, 0.05) is 17.0 Å². The maximum Gasteiger partial charge on any atom is 0.334 e. The molecule has 7 heteroatoms. The second-order valence-electron chi connectivity index (χ2n) is 6.72. The summed E-state index contributed by atoms with van der Waals surface area (Å²) in [4.78, 5) is 29.4. The number of methoxy groups -OCH3 is 1. The van der Waals surface area contributed by atoms with Crippen molar-refractivity contribution in [3.63, 3.8) is 0 Å². The fraction of sp³-hybridized carbons (Fsp3) is 0.0435. The van der Waals surface area contributed by atoms with Gasteiger partial charge in [-0.05, 0) is 45.6 Å². The van der Waals surface area contributed by atoms with Crippen molar-refractivity contribution in [2.75, 3.05) is 7.11 Å². The number of hydrogen-bond donors (Lipinski definition) is 1. The molecule has 0 fully saturated rings. The summed E-state index contributed by atoms with van der Waals surface area (Å²) in [6, 6.07) is 17.1. The zero-order chi connectivity index (χ0) is 20.7. The number of nitrogens with zero attached hydrogens (tertiary/aromatic N) is 1. The topological polar surface area (TPSA) is 64.1 Å². The molecule has 0 amide bonds. The summed E-state index contributed by atoms with van der Waals surface area (Å²) >= 11 is 3.02.